The number of benzene rings is 2. The zero-order valence-corrected chi connectivity index (χ0v) is 19.7. The summed E-state index contributed by atoms with van der Waals surface area (Å²) < 4.78 is 22.1. The van der Waals surface area contributed by atoms with E-state index in [-0.39, 0.29) is 22.4 Å². The number of hydrogen-bond acceptors (Lipinski definition) is 7. The highest BCUT2D eigenvalue weighted by Crippen LogP contribution is 2.43. The Kier molecular flexibility index (Phi) is 6.71. The van der Waals surface area contributed by atoms with E-state index >= 15 is 0 Å². The number of methoxy groups -OCH3 is 3. The van der Waals surface area contributed by atoms with Crippen LogP contribution in [-0.4, -0.2) is 48.8 Å². The van der Waals surface area contributed by atoms with Crippen LogP contribution in [0, 0.1) is 0 Å². The second-order valence-electron chi connectivity index (χ2n) is 8.24. The molecule has 1 aromatic heterocycles. The van der Waals surface area contributed by atoms with Crippen LogP contribution in [0.4, 0.5) is 4.79 Å². The minimum Gasteiger partial charge on any atom is -0.493 e. The van der Waals surface area contributed by atoms with Crippen LogP contribution in [0.1, 0.15) is 31.3 Å². The molecule has 2 aromatic carbocycles. The smallest absolute Gasteiger partial charge is 0.427 e. The first kappa shape index (κ1) is 24.4. The van der Waals surface area contributed by atoms with Gasteiger partial charge in [0.05, 0.1) is 21.3 Å². The van der Waals surface area contributed by atoms with E-state index in [1.165, 1.54) is 27.4 Å². The molecule has 3 aromatic rings. The highest BCUT2D eigenvalue weighted by molar-refractivity contribution is 6.07. The molecule has 0 atom stereocenters. The van der Waals surface area contributed by atoms with E-state index < -0.39 is 28.9 Å². The Morgan fingerprint density at radius 2 is 1.50 bits per heavy atom. The minimum atomic E-state index is -1.44. The number of ether oxygens (including phenoxy) is 4. The van der Waals surface area contributed by atoms with Crippen molar-refractivity contribution >= 4 is 22.8 Å². The summed E-state index contributed by atoms with van der Waals surface area (Å²) in [6.45, 7) is 4.94. The van der Waals surface area contributed by atoms with Crippen molar-refractivity contribution in [1.29, 1.82) is 0 Å². The minimum absolute atomic E-state index is 0.165. The van der Waals surface area contributed by atoms with Gasteiger partial charge in [0.1, 0.15) is 5.60 Å². The number of rotatable bonds is 6. The highest BCUT2D eigenvalue weighted by Gasteiger charge is 2.27. The number of nitrogens with one attached hydrogen (secondary N) is 1. The molecule has 0 saturated heterocycles. The molecule has 0 bridgehead atoms. The summed E-state index contributed by atoms with van der Waals surface area (Å²) >= 11 is 0. The summed E-state index contributed by atoms with van der Waals surface area (Å²) in [7, 11) is 4.31. The Labute approximate surface area is 195 Å². The molecule has 0 spiro atoms. The van der Waals surface area contributed by atoms with Crippen LogP contribution in [0.3, 0.4) is 0 Å². The van der Waals surface area contributed by atoms with Crippen LogP contribution in [0.25, 0.3) is 21.9 Å². The second-order valence-corrected chi connectivity index (χ2v) is 8.24. The molecular weight excluding hydrogens is 444 g/mol. The molecule has 0 saturated carbocycles. The Balaban J connectivity index is 2.42. The van der Waals surface area contributed by atoms with Crippen LogP contribution in [0.15, 0.2) is 41.2 Å². The molecule has 3 rings (SSSR count). The molecule has 1 heterocycles. The number of carbonyl (C=O) groups excluding carboxylic acids is 1. The molecule has 0 unspecified atom stereocenters. The molecule has 1 amide bonds. The second kappa shape index (κ2) is 9.34. The van der Waals surface area contributed by atoms with E-state index in [1.54, 1.807) is 51.1 Å². The van der Waals surface area contributed by atoms with Gasteiger partial charge < -0.3 is 24.1 Å². The molecule has 0 aliphatic rings. The average molecular weight is 470 g/mol. The van der Waals surface area contributed by atoms with Crippen molar-refractivity contribution in [2.75, 3.05) is 26.8 Å². The molecule has 2 N–H and O–H groups in total. The summed E-state index contributed by atoms with van der Waals surface area (Å²) in [5.41, 5.74) is 0.739. The standard InChI is InChI=1S/C24H26N2O8/c1-24(2,3)34-23(30)25-26-19(22(28)29)18(14-9-7-8-10-15(14)21(26)27)13-11-16(31-4)20(33-6)17(12-13)32-5/h7-12H,1-6H3,(H,25,30)(H,28,29). The quantitative estimate of drug-likeness (QED) is 0.556. The van der Waals surface area contributed by atoms with Crippen molar-refractivity contribution in [2.45, 2.75) is 26.4 Å². The third-order valence-electron chi connectivity index (χ3n) is 4.85. The van der Waals surface area contributed by atoms with E-state index in [0.29, 0.717) is 21.4 Å². The van der Waals surface area contributed by atoms with Gasteiger partial charge in [-0.15, -0.1) is 0 Å². The predicted molar refractivity (Wildman–Crippen MR) is 126 cm³/mol. The average Bonchev–Trinajstić information content (AvgIpc) is 2.78. The summed E-state index contributed by atoms with van der Waals surface area (Å²) in [6, 6.07) is 9.62. The first-order valence-corrected chi connectivity index (χ1v) is 10.2. The van der Waals surface area contributed by atoms with Crippen molar-refractivity contribution in [1.82, 2.24) is 4.68 Å². The molecule has 0 aliphatic carbocycles. The first-order chi connectivity index (χ1) is 16.0. The van der Waals surface area contributed by atoms with Gasteiger partial charge in [-0.05, 0) is 49.9 Å². The van der Waals surface area contributed by atoms with Gasteiger partial charge in [0, 0.05) is 10.9 Å². The van der Waals surface area contributed by atoms with E-state index in [0.717, 1.165) is 0 Å². The predicted octanol–water partition coefficient (Wildman–Crippen LogP) is 3.87. The van der Waals surface area contributed by atoms with Gasteiger partial charge in [-0.3, -0.25) is 4.79 Å². The maximum absolute atomic E-state index is 13.2. The van der Waals surface area contributed by atoms with Crippen LogP contribution < -0.4 is 25.2 Å². The lowest BCUT2D eigenvalue weighted by Crippen LogP contribution is -2.40. The fraction of sp³-hybridized carbons (Fsp3) is 0.292. The molecule has 0 radical (unpaired) electrons. The van der Waals surface area contributed by atoms with Crippen LogP contribution in [-0.2, 0) is 4.74 Å². The normalized spacial score (nSPS) is 11.1. The van der Waals surface area contributed by atoms with Crippen LogP contribution in [0.2, 0.25) is 0 Å². The van der Waals surface area contributed by atoms with Crippen LogP contribution >= 0.6 is 0 Å². The lowest BCUT2D eigenvalue weighted by atomic mass is 9.96. The summed E-state index contributed by atoms with van der Waals surface area (Å²) in [5.74, 6) is -0.553. The third kappa shape index (κ3) is 4.61. The lowest BCUT2D eigenvalue weighted by molar-refractivity contribution is 0.0608. The fourth-order valence-corrected chi connectivity index (χ4v) is 3.57. The largest absolute Gasteiger partial charge is 0.493 e. The van der Waals surface area contributed by atoms with Gasteiger partial charge in [0.25, 0.3) is 5.56 Å². The number of hydrogen-bond donors (Lipinski definition) is 2. The van der Waals surface area contributed by atoms with E-state index in [1.807, 2.05) is 0 Å². The van der Waals surface area contributed by atoms with Crippen molar-refractivity contribution in [3.8, 4) is 28.4 Å². The third-order valence-corrected chi connectivity index (χ3v) is 4.85. The van der Waals surface area contributed by atoms with Crippen molar-refractivity contribution < 1.29 is 33.6 Å². The van der Waals surface area contributed by atoms with Gasteiger partial charge >= 0.3 is 12.1 Å². The van der Waals surface area contributed by atoms with Crippen molar-refractivity contribution in [3.63, 3.8) is 0 Å². The number of aromatic nitrogens is 1. The van der Waals surface area contributed by atoms with Gasteiger partial charge in [-0.25, -0.2) is 19.7 Å². The summed E-state index contributed by atoms with van der Waals surface area (Å²) in [5, 5.41) is 10.7. The molecule has 180 valence electrons. The molecular formula is C24H26N2O8. The number of aromatic carboxylic acids is 1. The van der Waals surface area contributed by atoms with E-state index in [4.69, 9.17) is 18.9 Å². The lowest BCUT2D eigenvalue weighted by Gasteiger charge is -2.22. The van der Waals surface area contributed by atoms with Crippen molar-refractivity contribution in [3.05, 3.63) is 52.4 Å². The van der Waals surface area contributed by atoms with E-state index in [2.05, 4.69) is 5.43 Å². The monoisotopic (exact) mass is 470 g/mol. The molecule has 10 nitrogen and oxygen atoms in total. The Hall–Kier alpha value is -4.21. The number of carbonyl (C=O) groups is 2. The van der Waals surface area contributed by atoms with E-state index in [9.17, 15) is 19.5 Å². The van der Waals surface area contributed by atoms with Crippen LogP contribution in [0.5, 0.6) is 17.2 Å². The molecule has 10 heteroatoms. The van der Waals surface area contributed by atoms with Crippen molar-refractivity contribution in [2.24, 2.45) is 0 Å². The number of carboxylic acid groups (broad SMARTS) is 1. The van der Waals surface area contributed by atoms with Gasteiger partial charge in [0.2, 0.25) is 5.75 Å². The number of amides is 1. The Bertz CT molecular complexity index is 1300. The number of pyridine rings is 1. The zero-order chi connectivity index (χ0) is 25.2. The Morgan fingerprint density at radius 3 is 1.97 bits per heavy atom. The summed E-state index contributed by atoms with van der Waals surface area (Å²) in [6.07, 6.45) is -0.983. The molecule has 0 aliphatic heterocycles. The SMILES string of the molecule is COc1cc(-c2c(C(=O)O)n(NC(=O)OC(C)(C)C)c(=O)c3ccccc23)cc(OC)c1OC. The van der Waals surface area contributed by atoms with Gasteiger partial charge in [0.15, 0.2) is 17.2 Å². The molecule has 0 fully saturated rings. The molecule has 34 heavy (non-hydrogen) atoms. The number of fused-ring (bicyclic) bond motifs is 1. The number of nitrogens with zero attached hydrogens (tertiary/aromatic N) is 1. The first-order valence-electron chi connectivity index (χ1n) is 10.2. The maximum Gasteiger partial charge on any atom is 0.427 e. The summed E-state index contributed by atoms with van der Waals surface area (Å²) in [4.78, 5) is 38.2. The Morgan fingerprint density at radius 1 is 0.941 bits per heavy atom. The zero-order valence-electron chi connectivity index (χ0n) is 19.7. The highest BCUT2D eigenvalue weighted by atomic mass is 16.6. The van der Waals surface area contributed by atoms with Gasteiger partial charge in [-0.2, -0.15) is 0 Å². The number of carboxylic acids is 1. The van der Waals surface area contributed by atoms with Gasteiger partial charge in [-0.1, -0.05) is 18.2 Å². The fourth-order valence-electron chi connectivity index (χ4n) is 3.57. The maximum atomic E-state index is 13.2. The topological polar surface area (TPSA) is 125 Å².